The molecule has 0 aromatic heterocycles. The SMILES string of the molecule is CN=C(NC)NC(=O)C(F)(F)F. The number of carbonyl (C=O) groups is 1. The maximum absolute atomic E-state index is 11.6. The average Bonchev–Trinajstić information content (AvgIpc) is 1.97. The van der Waals surface area contributed by atoms with Gasteiger partial charge in [-0.25, -0.2) is 0 Å². The Kier molecular flexibility index (Phi) is 3.52. The van der Waals surface area contributed by atoms with Crippen LogP contribution in [0.15, 0.2) is 4.99 Å². The van der Waals surface area contributed by atoms with Crippen molar-refractivity contribution in [2.24, 2.45) is 4.99 Å². The molecule has 0 aromatic carbocycles. The Hall–Kier alpha value is -1.27. The lowest BCUT2D eigenvalue weighted by Gasteiger charge is -2.08. The summed E-state index contributed by atoms with van der Waals surface area (Å²) >= 11 is 0. The maximum atomic E-state index is 11.6. The van der Waals surface area contributed by atoms with Crippen molar-refractivity contribution < 1.29 is 18.0 Å². The molecule has 0 aliphatic carbocycles. The molecule has 0 aliphatic rings. The molecule has 0 radical (unpaired) electrons. The van der Waals surface area contributed by atoms with E-state index >= 15 is 0 Å². The van der Waals surface area contributed by atoms with E-state index in [1.54, 1.807) is 0 Å². The Morgan fingerprint density at radius 3 is 2.17 bits per heavy atom. The molecule has 2 N–H and O–H groups in total. The molecule has 0 saturated heterocycles. The first-order valence-corrected chi connectivity index (χ1v) is 2.94. The topological polar surface area (TPSA) is 53.5 Å². The van der Waals surface area contributed by atoms with Gasteiger partial charge in [0, 0.05) is 14.1 Å². The van der Waals surface area contributed by atoms with Crippen molar-refractivity contribution in [1.29, 1.82) is 0 Å². The number of carbonyl (C=O) groups excluding carboxylic acids is 1. The first-order chi connectivity index (χ1) is 5.41. The van der Waals surface area contributed by atoms with Crippen molar-refractivity contribution in [3.8, 4) is 0 Å². The summed E-state index contributed by atoms with van der Waals surface area (Å²) in [6, 6.07) is 0. The third kappa shape index (κ3) is 3.22. The minimum absolute atomic E-state index is 0.225. The van der Waals surface area contributed by atoms with Crippen LogP contribution in [0.1, 0.15) is 0 Å². The van der Waals surface area contributed by atoms with Gasteiger partial charge in [-0.3, -0.25) is 15.1 Å². The lowest BCUT2D eigenvalue weighted by molar-refractivity contribution is -0.171. The van der Waals surface area contributed by atoms with Crippen molar-refractivity contribution in [1.82, 2.24) is 10.6 Å². The van der Waals surface area contributed by atoms with Gasteiger partial charge < -0.3 is 5.32 Å². The van der Waals surface area contributed by atoms with Crippen molar-refractivity contribution in [2.45, 2.75) is 6.18 Å². The van der Waals surface area contributed by atoms with E-state index in [-0.39, 0.29) is 5.96 Å². The number of alkyl halides is 3. The van der Waals surface area contributed by atoms with Gasteiger partial charge >= 0.3 is 12.1 Å². The summed E-state index contributed by atoms with van der Waals surface area (Å²) in [5.41, 5.74) is 0. The summed E-state index contributed by atoms with van der Waals surface area (Å²) in [5, 5.41) is 3.80. The quantitative estimate of drug-likeness (QED) is 0.406. The predicted molar refractivity (Wildman–Crippen MR) is 36.6 cm³/mol. The summed E-state index contributed by atoms with van der Waals surface area (Å²) < 4.78 is 34.8. The van der Waals surface area contributed by atoms with E-state index in [0.717, 1.165) is 0 Å². The largest absolute Gasteiger partial charge is 0.471 e. The number of nitrogens with zero attached hydrogens (tertiary/aromatic N) is 1. The molecule has 12 heavy (non-hydrogen) atoms. The van der Waals surface area contributed by atoms with Gasteiger partial charge in [0.1, 0.15) is 0 Å². The van der Waals surface area contributed by atoms with Gasteiger partial charge in [-0.05, 0) is 0 Å². The van der Waals surface area contributed by atoms with Crippen LogP contribution < -0.4 is 10.6 Å². The van der Waals surface area contributed by atoms with Crippen LogP contribution in [0.3, 0.4) is 0 Å². The van der Waals surface area contributed by atoms with Crippen LogP contribution in [0.2, 0.25) is 0 Å². The number of hydrogen-bond donors (Lipinski definition) is 2. The number of rotatable bonds is 0. The zero-order chi connectivity index (χ0) is 9.78. The Bertz CT molecular complexity index is 199. The van der Waals surface area contributed by atoms with E-state index in [1.807, 2.05) is 0 Å². The Labute approximate surface area is 66.9 Å². The van der Waals surface area contributed by atoms with Gasteiger partial charge in [-0.2, -0.15) is 13.2 Å². The summed E-state index contributed by atoms with van der Waals surface area (Å²) in [5.74, 6) is -2.27. The second kappa shape index (κ2) is 3.93. The van der Waals surface area contributed by atoms with Gasteiger partial charge in [0.15, 0.2) is 5.96 Å². The van der Waals surface area contributed by atoms with Crippen LogP contribution in [0.25, 0.3) is 0 Å². The van der Waals surface area contributed by atoms with Gasteiger partial charge in [0.05, 0.1) is 0 Å². The third-order valence-electron chi connectivity index (χ3n) is 0.950. The molecule has 0 aromatic rings. The zero-order valence-corrected chi connectivity index (χ0v) is 6.49. The molecular formula is C5H8F3N3O. The molecule has 0 heterocycles. The van der Waals surface area contributed by atoms with Crippen LogP contribution in [0, 0.1) is 0 Å². The maximum Gasteiger partial charge on any atom is 0.471 e. The molecule has 4 nitrogen and oxygen atoms in total. The molecule has 0 saturated carbocycles. The lowest BCUT2D eigenvalue weighted by atomic mass is 10.6. The van der Waals surface area contributed by atoms with Crippen molar-refractivity contribution in [2.75, 3.05) is 14.1 Å². The summed E-state index contributed by atoms with van der Waals surface area (Å²) in [6.07, 6.45) is -4.88. The zero-order valence-electron chi connectivity index (χ0n) is 6.49. The summed E-state index contributed by atoms with van der Waals surface area (Å²) in [4.78, 5) is 13.6. The van der Waals surface area contributed by atoms with E-state index < -0.39 is 12.1 Å². The summed E-state index contributed by atoms with van der Waals surface area (Å²) in [6.45, 7) is 0. The van der Waals surface area contributed by atoms with E-state index in [9.17, 15) is 18.0 Å². The molecule has 0 rings (SSSR count). The monoisotopic (exact) mass is 183 g/mol. The van der Waals surface area contributed by atoms with E-state index in [2.05, 4.69) is 10.3 Å². The standard InChI is InChI=1S/C5H8F3N3O/c1-9-4(10-2)11-3(12)5(6,7)8/h1-2H3,(H2,9,10,11,12). The van der Waals surface area contributed by atoms with Crippen molar-refractivity contribution >= 4 is 11.9 Å². The van der Waals surface area contributed by atoms with Crippen molar-refractivity contribution in [3.05, 3.63) is 0 Å². The number of guanidine groups is 1. The molecule has 0 bridgehead atoms. The fourth-order valence-electron chi connectivity index (χ4n) is 0.409. The fourth-order valence-corrected chi connectivity index (χ4v) is 0.409. The first kappa shape index (κ1) is 10.7. The molecule has 1 amide bonds. The van der Waals surface area contributed by atoms with E-state index in [1.165, 1.54) is 19.4 Å². The van der Waals surface area contributed by atoms with Crippen LogP contribution in [0.5, 0.6) is 0 Å². The first-order valence-electron chi connectivity index (χ1n) is 2.94. The number of nitrogens with one attached hydrogen (secondary N) is 2. The summed E-state index contributed by atoms with van der Waals surface area (Å²) in [7, 11) is 2.60. The van der Waals surface area contributed by atoms with Crippen LogP contribution in [0.4, 0.5) is 13.2 Å². The van der Waals surface area contributed by atoms with Crippen LogP contribution >= 0.6 is 0 Å². The Morgan fingerprint density at radius 2 is 1.92 bits per heavy atom. The second-order valence-corrected chi connectivity index (χ2v) is 1.77. The number of halogens is 3. The minimum Gasteiger partial charge on any atom is -0.359 e. The molecule has 0 aliphatic heterocycles. The molecule has 0 unspecified atom stereocenters. The number of aliphatic imine (C=N–C) groups is 1. The van der Waals surface area contributed by atoms with Gasteiger partial charge in [0.25, 0.3) is 0 Å². The normalized spacial score (nSPS) is 12.6. The molecule has 0 atom stereocenters. The molecule has 7 heteroatoms. The molecule has 0 fully saturated rings. The minimum atomic E-state index is -4.88. The Morgan fingerprint density at radius 1 is 1.42 bits per heavy atom. The average molecular weight is 183 g/mol. The lowest BCUT2D eigenvalue weighted by Crippen LogP contribution is -2.45. The molecule has 70 valence electrons. The predicted octanol–water partition coefficient (Wildman–Crippen LogP) is -0.130. The molecular weight excluding hydrogens is 175 g/mol. The van der Waals surface area contributed by atoms with E-state index in [4.69, 9.17) is 0 Å². The van der Waals surface area contributed by atoms with Crippen LogP contribution in [-0.2, 0) is 4.79 Å². The molecule has 0 spiro atoms. The smallest absolute Gasteiger partial charge is 0.359 e. The Balaban J connectivity index is 4.19. The van der Waals surface area contributed by atoms with E-state index in [0.29, 0.717) is 0 Å². The highest BCUT2D eigenvalue weighted by Gasteiger charge is 2.39. The highest BCUT2D eigenvalue weighted by molar-refractivity contribution is 5.99. The highest BCUT2D eigenvalue weighted by atomic mass is 19.4. The van der Waals surface area contributed by atoms with Gasteiger partial charge in [-0.1, -0.05) is 0 Å². The van der Waals surface area contributed by atoms with Crippen LogP contribution in [-0.4, -0.2) is 32.1 Å². The number of hydrogen-bond acceptors (Lipinski definition) is 2. The fraction of sp³-hybridized carbons (Fsp3) is 0.600. The third-order valence-corrected chi connectivity index (χ3v) is 0.950. The second-order valence-electron chi connectivity index (χ2n) is 1.77. The van der Waals surface area contributed by atoms with Crippen molar-refractivity contribution in [3.63, 3.8) is 0 Å². The van der Waals surface area contributed by atoms with Gasteiger partial charge in [0.2, 0.25) is 0 Å². The van der Waals surface area contributed by atoms with Gasteiger partial charge in [-0.15, -0.1) is 0 Å². The highest BCUT2D eigenvalue weighted by Crippen LogP contribution is 2.13. The number of amides is 1.